The van der Waals surface area contributed by atoms with Crippen molar-refractivity contribution in [2.75, 3.05) is 25.1 Å². The van der Waals surface area contributed by atoms with Gasteiger partial charge in [0.25, 0.3) is 6.43 Å². The van der Waals surface area contributed by atoms with E-state index in [-0.39, 0.29) is 6.61 Å². The van der Waals surface area contributed by atoms with Gasteiger partial charge in [-0.2, -0.15) is 0 Å². The van der Waals surface area contributed by atoms with Crippen molar-refractivity contribution in [3.63, 3.8) is 0 Å². The number of hydrogen-bond acceptors (Lipinski definition) is 4. The quantitative estimate of drug-likeness (QED) is 0.601. The zero-order valence-electron chi connectivity index (χ0n) is 9.42. The van der Waals surface area contributed by atoms with Gasteiger partial charge in [-0.15, -0.1) is 0 Å². The van der Waals surface area contributed by atoms with Gasteiger partial charge in [-0.25, -0.2) is 18.7 Å². The standard InChI is InChI=1S/C10H14F2IN3O/c1-2-14-10-7(13)5-15-9(16-10)3-4-17-6-8(11)12/h5,8H,2-4,6H2,1H3,(H,14,15,16). The third-order valence-corrected chi connectivity index (χ3v) is 2.64. The smallest absolute Gasteiger partial charge is 0.261 e. The Bertz CT molecular complexity index is 352. The molecule has 1 rings (SSSR count). The van der Waals surface area contributed by atoms with Crippen LogP contribution in [0, 0.1) is 3.57 Å². The molecule has 0 radical (unpaired) electrons. The summed E-state index contributed by atoms with van der Waals surface area (Å²) < 4.78 is 29.3. The van der Waals surface area contributed by atoms with Crippen LogP contribution in [0.4, 0.5) is 14.6 Å². The SMILES string of the molecule is CCNc1nc(CCOCC(F)F)ncc1I. The van der Waals surface area contributed by atoms with Crippen LogP contribution in [0.15, 0.2) is 6.20 Å². The topological polar surface area (TPSA) is 47.0 Å². The van der Waals surface area contributed by atoms with Gasteiger partial charge in [0, 0.05) is 19.2 Å². The Balaban J connectivity index is 2.45. The second-order valence-corrected chi connectivity index (χ2v) is 4.39. The molecular formula is C10H14F2IN3O. The minimum atomic E-state index is -2.43. The average molecular weight is 357 g/mol. The summed E-state index contributed by atoms with van der Waals surface area (Å²) in [5.41, 5.74) is 0. The summed E-state index contributed by atoms with van der Waals surface area (Å²) in [7, 11) is 0. The van der Waals surface area contributed by atoms with E-state index in [0.29, 0.717) is 12.2 Å². The van der Waals surface area contributed by atoms with E-state index in [1.807, 2.05) is 6.92 Å². The van der Waals surface area contributed by atoms with Crippen LogP contribution in [-0.2, 0) is 11.2 Å². The Hall–Kier alpha value is -0.570. The fraction of sp³-hybridized carbons (Fsp3) is 0.600. The molecule has 1 heterocycles. The largest absolute Gasteiger partial charge is 0.375 e. The minimum Gasteiger partial charge on any atom is -0.375 e. The molecule has 0 spiro atoms. The van der Waals surface area contributed by atoms with Crippen LogP contribution in [0.2, 0.25) is 0 Å². The molecule has 0 fully saturated rings. The van der Waals surface area contributed by atoms with Crippen molar-refractivity contribution >= 4 is 28.4 Å². The van der Waals surface area contributed by atoms with E-state index < -0.39 is 13.0 Å². The summed E-state index contributed by atoms with van der Waals surface area (Å²) in [6, 6.07) is 0. The van der Waals surface area contributed by atoms with Gasteiger partial charge < -0.3 is 10.1 Å². The molecule has 0 unspecified atom stereocenters. The van der Waals surface area contributed by atoms with Crippen molar-refractivity contribution < 1.29 is 13.5 Å². The molecule has 1 aromatic heterocycles. The van der Waals surface area contributed by atoms with Crippen molar-refractivity contribution in [3.05, 3.63) is 15.6 Å². The molecule has 0 aliphatic heterocycles. The van der Waals surface area contributed by atoms with Gasteiger partial charge in [-0.1, -0.05) is 0 Å². The van der Waals surface area contributed by atoms with Crippen LogP contribution in [0.3, 0.4) is 0 Å². The van der Waals surface area contributed by atoms with Gasteiger partial charge in [0.1, 0.15) is 18.2 Å². The van der Waals surface area contributed by atoms with Gasteiger partial charge in [0.05, 0.1) is 10.2 Å². The molecule has 0 amide bonds. The average Bonchev–Trinajstić information content (AvgIpc) is 2.28. The number of aromatic nitrogens is 2. The molecule has 0 aliphatic carbocycles. The number of nitrogens with one attached hydrogen (secondary N) is 1. The zero-order chi connectivity index (χ0) is 12.7. The van der Waals surface area contributed by atoms with E-state index in [4.69, 9.17) is 4.74 Å². The van der Waals surface area contributed by atoms with Crippen molar-refractivity contribution in [2.24, 2.45) is 0 Å². The Labute approximate surface area is 112 Å². The highest BCUT2D eigenvalue weighted by Gasteiger charge is 2.05. The van der Waals surface area contributed by atoms with Crippen LogP contribution in [-0.4, -0.2) is 36.2 Å². The molecule has 96 valence electrons. The van der Waals surface area contributed by atoms with Crippen molar-refractivity contribution in [3.8, 4) is 0 Å². The third-order valence-electron chi connectivity index (χ3n) is 1.85. The lowest BCUT2D eigenvalue weighted by Gasteiger charge is -2.07. The summed E-state index contributed by atoms with van der Waals surface area (Å²) in [5.74, 6) is 1.36. The molecule has 0 aromatic carbocycles. The molecule has 0 bridgehead atoms. The fourth-order valence-corrected chi connectivity index (χ4v) is 1.60. The zero-order valence-corrected chi connectivity index (χ0v) is 11.6. The second kappa shape index (κ2) is 7.70. The normalized spacial score (nSPS) is 10.9. The molecule has 1 N–H and O–H groups in total. The third kappa shape index (κ3) is 5.53. The lowest BCUT2D eigenvalue weighted by Crippen LogP contribution is -2.10. The number of hydrogen-bond donors (Lipinski definition) is 1. The molecule has 17 heavy (non-hydrogen) atoms. The summed E-state index contributed by atoms with van der Waals surface area (Å²) in [6.45, 7) is 2.42. The van der Waals surface area contributed by atoms with Crippen molar-refractivity contribution in [1.29, 1.82) is 0 Å². The fourth-order valence-electron chi connectivity index (χ4n) is 1.15. The molecule has 0 atom stereocenters. The number of ether oxygens (including phenoxy) is 1. The van der Waals surface area contributed by atoms with Gasteiger partial charge in [-0.05, 0) is 29.5 Å². The maximum Gasteiger partial charge on any atom is 0.261 e. The minimum absolute atomic E-state index is 0.205. The molecule has 0 saturated heterocycles. The van der Waals surface area contributed by atoms with E-state index in [2.05, 4.69) is 37.9 Å². The van der Waals surface area contributed by atoms with Crippen molar-refractivity contribution in [1.82, 2.24) is 9.97 Å². The van der Waals surface area contributed by atoms with Gasteiger partial charge in [0.15, 0.2) is 0 Å². The Morgan fingerprint density at radius 2 is 2.29 bits per heavy atom. The molecule has 4 nitrogen and oxygen atoms in total. The van der Waals surface area contributed by atoms with E-state index in [0.717, 1.165) is 15.9 Å². The van der Waals surface area contributed by atoms with E-state index in [9.17, 15) is 8.78 Å². The Morgan fingerprint density at radius 3 is 2.94 bits per heavy atom. The van der Waals surface area contributed by atoms with Gasteiger partial charge in [0.2, 0.25) is 0 Å². The predicted octanol–water partition coefficient (Wildman–Crippen LogP) is 2.34. The van der Waals surface area contributed by atoms with Crippen LogP contribution in [0.1, 0.15) is 12.7 Å². The van der Waals surface area contributed by atoms with Crippen LogP contribution >= 0.6 is 22.6 Å². The first kappa shape index (κ1) is 14.5. The van der Waals surface area contributed by atoms with Crippen LogP contribution in [0.25, 0.3) is 0 Å². The molecule has 0 aliphatic rings. The number of nitrogens with zero attached hydrogens (tertiary/aromatic N) is 2. The summed E-state index contributed by atoms with van der Waals surface area (Å²) in [4.78, 5) is 8.39. The maximum absolute atomic E-state index is 11.8. The number of anilines is 1. The number of alkyl halides is 2. The summed E-state index contributed by atoms with van der Waals surface area (Å²) in [5, 5.41) is 3.11. The van der Waals surface area contributed by atoms with E-state index >= 15 is 0 Å². The second-order valence-electron chi connectivity index (χ2n) is 3.23. The first-order valence-corrected chi connectivity index (χ1v) is 6.32. The molecule has 0 saturated carbocycles. The summed E-state index contributed by atoms with van der Waals surface area (Å²) in [6.07, 6.45) is -0.291. The highest BCUT2D eigenvalue weighted by molar-refractivity contribution is 14.1. The first-order valence-electron chi connectivity index (χ1n) is 5.24. The lowest BCUT2D eigenvalue weighted by molar-refractivity contribution is 0.0183. The summed E-state index contributed by atoms with van der Waals surface area (Å²) >= 11 is 2.14. The van der Waals surface area contributed by atoms with E-state index in [1.165, 1.54) is 0 Å². The Kier molecular flexibility index (Phi) is 6.56. The predicted molar refractivity (Wildman–Crippen MR) is 69.4 cm³/mol. The Morgan fingerprint density at radius 1 is 1.53 bits per heavy atom. The van der Waals surface area contributed by atoms with Crippen LogP contribution in [0.5, 0.6) is 0 Å². The van der Waals surface area contributed by atoms with Gasteiger partial charge >= 0.3 is 0 Å². The highest BCUT2D eigenvalue weighted by atomic mass is 127. The number of halogens is 3. The molecule has 1 aromatic rings. The highest BCUT2D eigenvalue weighted by Crippen LogP contribution is 2.13. The van der Waals surface area contributed by atoms with Gasteiger partial charge in [-0.3, -0.25) is 0 Å². The number of rotatable bonds is 7. The first-order chi connectivity index (χ1) is 8.13. The molecule has 7 heteroatoms. The maximum atomic E-state index is 11.8. The van der Waals surface area contributed by atoms with Crippen LogP contribution < -0.4 is 5.32 Å². The van der Waals surface area contributed by atoms with Crippen molar-refractivity contribution in [2.45, 2.75) is 19.8 Å². The van der Waals surface area contributed by atoms with E-state index in [1.54, 1.807) is 6.20 Å². The molecular weight excluding hydrogens is 343 g/mol. The lowest BCUT2D eigenvalue weighted by atomic mass is 10.4. The monoisotopic (exact) mass is 357 g/mol.